The number of aldehydes is 1. The Bertz CT molecular complexity index is 703. The molecule has 4 heteroatoms. The van der Waals surface area contributed by atoms with Crippen molar-refractivity contribution in [1.82, 2.24) is 10.2 Å². The van der Waals surface area contributed by atoms with Crippen LogP contribution in [-0.2, 0) is 0 Å². The second-order valence-electron chi connectivity index (χ2n) is 10.3. The van der Waals surface area contributed by atoms with E-state index in [4.69, 9.17) is 0 Å². The highest BCUT2D eigenvalue weighted by Crippen LogP contribution is 2.52. The van der Waals surface area contributed by atoms with Crippen molar-refractivity contribution in [2.24, 2.45) is 17.8 Å². The molecule has 3 aliphatic rings. The predicted molar refractivity (Wildman–Crippen MR) is 117 cm³/mol. The molecule has 2 aliphatic heterocycles. The number of hydrogen-bond donors (Lipinski definition) is 2. The lowest BCUT2D eigenvalue weighted by Crippen LogP contribution is -2.37. The van der Waals surface area contributed by atoms with Gasteiger partial charge in [-0.15, -0.1) is 0 Å². The summed E-state index contributed by atoms with van der Waals surface area (Å²) < 4.78 is 0. The molecule has 0 bridgehead atoms. The van der Waals surface area contributed by atoms with Crippen molar-refractivity contribution < 1.29 is 9.90 Å². The smallest absolute Gasteiger partial charge is 0.150 e. The molecule has 0 aromatic heterocycles. The first-order valence-corrected chi connectivity index (χ1v) is 11.7. The van der Waals surface area contributed by atoms with Gasteiger partial charge < -0.3 is 10.4 Å². The molecule has 160 valence electrons. The van der Waals surface area contributed by atoms with Crippen LogP contribution in [0.5, 0.6) is 0 Å². The van der Waals surface area contributed by atoms with E-state index < -0.39 is 5.72 Å². The second-order valence-corrected chi connectivity index (χ2v) is 10.3. The van der Waals surface area contributed by atoms with Gasteiger partial charge in [0.2, 0.25) is 0 Å². The predicted octanol–water partition coefficient (Wildman–Crippen LogP) is 4.19. The van der Waals surface area contributed by atoms with E-state index in [2.05, 4.69) is 43.1 Å². The summed E-state index contributed by atoms with van der Waals surface area (Å²) in [6, 6.07) is 8.96. The van der Waals surface area contributed by atoms with Crippen LogP contribution in [0.2, 0.25) is 0 Å². The van der Waals surface area contributed by atoms with Gasteiger partial charge in [0.1, 0.15) is 12.0 Å². The number of nitrogens with zero attached hydrogens (tertiary/aromatic N) is 1. The van der Waals surface area contributed by atoms with Gasteiger partial charge in [0, 0.05) is 36.7 Å². The molecule has 1 aliphatic carbocycles. The third kappa shape index (κ3) is 4.45. The lowest BCUT2D eigenvalue weighted by molar-refractivity contribution is 0.0607. The van der Waals surface area contributed by atoms with Gasteiger partial charge in [-0.1, -0.05) is 57.9 Å². The normalized spacial score (nSPS) is 36.9. The van der Waals surface area contributed by atoms with Crippen LogP contribution in [0.4, 0.5) is 0 Å². The monoisotopic (exact) mass is 398 g/mol. The van der Waals surface area contributed by atoms with Crippen LogP contribution in [0.3, 0.4) is 0 Å². The lowest BCUT2D eigenvalue weighted by atomic mass is 9.87. The molecule has 2 saturated heterocycles. The molecule has 1 saturated carbocycles. The maximum Gasteiger partial charge on any atom is 0.150 e. The fourth-order valence-corrected chi connectivity index (χ4v) is 5.81. The Morgan fingerprint density at radius 1 is 1.21 bits per heavy atom. The number of fused-ring (bicyclic) bond motifs is 1. The number of carbonyl (C=O) groups is 1. The van der Waals surface area contributed by atoms with Crippen LogP contribution in [0.15, 0.2) is 24.3 Å². The Morgan fingerprint density at radius 3 is 2.66 bits per heavy atom. The first-order chi connectivity index (χ1) is 13.9. The average Bonchev–Trinajstić information content (AvgIpc) is 3.08. The van der Waals surface area contributed by atoms with Gasteiger partial charge in [-0.25, -0.2) is 0 Å². The third-order valence-electron chi connectivity index (χ3n) is 7.90. The fourth-order valence-electron chi connectivity index (χ4n) is 5.81. The van der Waals surface area contributed by atoms with Crippen molar-refractivity contribution in [3.8, 4) is 0 Å². The second kappa shape index (κ2) is 8.49. The Kier molecular flexibility index (Phi) is 6.15. The van der Waals surface area contributed by atoms with Crippen molar-refractivity contribution >= 4 is 6.29 Å². The van der Waals surface area contributed by atoms with Crippen molar-refractivity contribution in [2.45, 2.75) is 83.0 Å². The molecular weight excluding hydrogens is 360 g/mol. The highest BCUT2D eigenvalue weighted by atomic mass is 16.3. The summed E-state index contributed by atoms with van der Waals surface area (Å²) in [5.41, 5.74) is 1.39. The van der Waals surface area contributed by atoms with E-state index in [1.54, 1.807) is 0 Å². The van der Waals surface area contributed by atoms with E-state index in [9.17, 15) is 9.90 Å². The summed E-state index contributed by atoms with van der Waals surface area (Å²) in [7, 11) is 0. The van der Waals surface area contributed by atoms with E-state index in [-0.39, 0.29) is 0 Å². The van der Waals surface area contributed by atoms with Crippen LogP contribution in [0, 0.1) is 17.8 Å². The molecule has 4 rings (SSSR count). The zero-order valence-electron chi connectivity index (χ0n) is 18.3. The van der Waals surface area contributed by atoms with Crippen LogP contribution < -0.4 is 5.32 Å². The summed E-state index contributed by atoms with van der Waals surface area (Å²) in [5.74, 6) is 2.38. The summed E-state index contributed by atoms with van der Waals surface area (Å²) in [6.07, 6.45) is 8.63. The highest BCUT2D eigenvalue weighted by Gasteiger charge is 2.65. The molecule has 2 N–H and O–H groups in total. The molecule has 2 heterocycles. The Balaban J connectivity index is 1.28. The van der Waals surface area contributed by atoms with Crippen molar-refractivity contribution in [2.75, 3.05) is 13.1 Å². The topological polar surface area (TPSA) is 52.3 Å². The molecule has 0 amide bonds. The molecule has 1 aromatic rings. The van der Waals surface area contributed by atoms with E-state index in [0.717, 1.165) is 43.2 Å². The lowest BCUT2D eigenvalue weighted by Gasteiger charge is -2.24. The molecule has 0 radical (unpaired) electrons. The zero-order valence-corrected chi connectivity index (χ0v) is 18.3. The maximum atomic E-state index is 11.1. The van der Waals surface area contributed by atoms with Crippen LogP contribution in [-0.4, -0.2) is 47.2 Å². The number of carbonyl (C=O) groups excluding carboxylic acids is 1. The van der Waals surface area contributed by atoms with Gasteiger partial charge in [0.25, 0.3) is 0 Å². The number of nitrogens with one attached hydrogen (secondary N) is 1. The van der Waals surface area contributed by atoms with E-state index in [1.807, 2.05) is 12.1 Å². The van der Waals surface area contributed by atoms with Crippen molar-refractivity contribution in [1.29, 1.82) is 0 Å². The Labute approximate surface area is 176 Å². The number of rotatable bonds is 9. The number of hydrogen-bond acceptors (Lipinski definition) is 4. The summed E-state index contributed by atoms with van der Waals surface area (Å²) in [6.45, 7) is 8.64. The van der Waals surface area contributed by atoms with Gasteiger partial charge in [-0.3, -0.25) is 9.69 Å². The fraction of sp³-hybridized carbons (Fsp3) is 0.720. The molecule has 7 atom stereocenters. The molecule has 3 fully saturated rings. The minimum atomic E-state index is -0.593. The quantitative estimate of drug-likeness (QED) is 0.484. The third-order valence-corrected chi connectivity index (χ3v) is 7.90. The Hall–Kier alpha value is -1.23. The first-order valence-electron chi connectivity index (χ1n) is 11.7. The maximum absolute atomic E-state index is 11.1. The van der Waals surface area contributed by atoms with Gasteiger partial charge in [0.15, 0.2) is 0 Å². The summed E-state index contributed by atoms with van der Waals surface area (Å²) >= 11 is 0. The van der Waals surface area contributed by atoms with Gasteiger partial charge in [-0.05, 0) is 49.0 Å². The van der Waals surface area contributed by atoms with E-state index >= 15 is 0 Å². The van der Waals surface area contributed by atoms with Crippen molar-refractivity contribution in [3.63, 3.8) is 0 Å². The van der Waals surface area contributed by atoms with Gasteiger partial charge in [0.05, 0.1) is 0 Å². The number of benzene rings is 1. The van der Waals surface area contributed by atoms with Gasteiger partial charge in [-0.2, -0.15) is 0 Å². The molecular formula is C25H38N2O2. The number of piperidine rings is 1. The number of aliphatic hydroxyl groups is 1. The van der Waals surface area contributed by atoms with Crippen LogP contribution in [0.25, 0.3) is 0 Å². The molecule has 7 unspecified atom stereocenters. The zero-order chi connectivity index (χ0) is 20.6. The summed E-state index contributed by atoms with van der Waals surface area (Å²) in [4.78, 5) is 13.2. The molecule has 4 nitrogen and oxygen atoms in total. The van der Waals surface area contributed by atoms with Crippen LogP contribution >= 0.6 is 0 Å². The Morgan fingerprint density at radius 2 is 1.97 bits per heavy atom. The van der Waals surface area contributed by atoms with Gasteiger partial charge >= 0.3 is 0 Å². The SMILES string of the molecule is CC(C)CCC1CCC(NCC2CC(C(C)c3ccc(C=O)cc3)N3CC23O)C1. The van der Waals surface area contributed by atoms with E-state index in [0.29, 0.717) is 23.9 Å². The van der Waals surface area contributed by atoms with Crippen molar-refractivity contribution in [3.05, 3.63) is 35.4 Å². The molecule has 1 aromatic carbocycles. The minimum Gasteiger partial charge on any atom is -0.374 e. The van der Waals surface area contributed by atoms with E-state index in [1.165, 1.54) is 37.7 Å². The average molecular weight is 399 g/mol. The summed E-state index contributed by atoms with van der Waals surface area (Å²) in [5, 5.41) is 14.9. The standard InChI is InChI=1S/C25H38N2O2/c1-17(2)4-5-19-8-11-23(12-19)26-14-22-13-24(27-16-25(22,27)29)18(3)21-9-6-20(15-28)7-10-21/h6-7,9-10,15,17-19,22-24,26,29H,4-5,8,11-14,16H2,1-3H3. The minimum absolute atomic E-state index is 0.318. The first kappa shape index (κ1) is 21.0. The molecule has 29 heavy (non-hydrogen) atoms. The van der Waals surface area contributed by atoms with Crippen LogP contribution in [0.1, 0.15) is 81.1 Å². The molecule has 0 spiro atoms. The largest absolute Gasteiger partial charge is 0.374 e. The highest BCUT2D eigenvalue weighted by molar-refractivity contribution is 5.74.